The molecule has 0 bridgehead atoms. The van der Waals surface area contributed by atoms with E-state index in [1.54, 1.807) is 29.2 Å². The molecule has 0 aliphatic carbocycles. The predicted octanol–water partition coefficient (Wildman–Crippen LogP) is 0.961. The van der Waals surface area contributed by atoms with E-state index in [1.165, 1.54) is 6.20 Å². The number of nitrogens with one attached hydrogen (secondary N) is 4. The maximum absolute atomic E-state index is 12.4. The largest absolute Gasteiger partial charge is 0.390 e. The summed E-state index contributed by atoms with van der Waals surface area (Å²) in [5.41, 5.74) is 11.2. The van der Waals surface area contributed by atoms with E-state index in [0.29, 0.717) is 31.9 Å². The highest BCUT2D eigenvalue weighted by Gasteiger charge is 2.18. The zero-order valence-electron chi connectivity index (χ0n) is 18.9. The molecule has 12 nitrogen and oxygen atoms in total. The summed E-state index contributed by atoms with van der Waals surface area (Å²) in [5, 5.41) is 26.8. The van der Waals surface area contributed by atoms with Crippen molar-refractivity contribution < 1.29 is 9.53 Å². The molecule has 13 heteroatoms. The number of nitrogens with two attached hydrogens (primary N) is 2. The molecule has 1 aromatic carbocycles. The van der Waals surface area contributed by atoms with Crippen molar-refractivity contribution in [3.63, 3.8) is 0 Å². The Morgan fingerprint density at radius 3 is 2.18 bits per heavy atom. The molecule has 1 aliphatic heterocycles. The van der Waals surface area contributed by atoms with Crippen LogP contribution in [0.1, 0.15) is 29.9 Å². The van der Waals surface area contributed by atoms with Gasteiger partial charge in [-0.05, 0) is 37.4 Å². The van der Waals surface area contributed by atoms with Gasteiger partial charge in [-0.15, -0.1) is 22.6 Å². The standard InChI is InChI=1S/C15H17N7O2.C4H11N.CH4N2.ClH/c16-13(17)12-9-18-15(21-20-12)19-11-3-1-10(2-4-11)14(23)22-5-7-24-8-6-22;1-3-5-4-2;2-1-3;/h1-4,9H,5-8H2,(H3,16,17)(H,18,19,21);5H,3-4H2,1-2H3;1H,(H3,2,3);1H. The first-order valence-electron chi connectivity index (χ1n) is 10.2. The van der Waals surface area contributed by atoms with E-state index in [9.17, 15) is 4.79 Å². The van der Waals surface area contributed by atoms with Crippen molar-refractivity contribution in [3.8, 4) is 0 Å². The second-order valence-corrected chi connectivity index (χ2v) is 6.31. The van der Waals surface area contributed by atoms with Gasteiger partial charge in [0.25, 0.3) is 5.91 Å². The van der Waals surface area contributed by atoms with Gasteiger partial charge in [-0.1, -0.05) is 13.8 Å². The molecular formula is C20H33ClN10O2. The van der Waals surface area contributed by atoms with Crippen molar-refractivity contribution in [1.82, 2.24) is 25.4 Å². The number of hydrogen-bond acceptors (Lipinski definition) is 9. The summed E-state index contributed by atoms with van der Waals surface area (Å²) in [4.78, 5) is 18.2. The lowest BCUT2D eigenvalue weighted by Gasteiger charge is -2.26. The van der Waals surface area contributed by atoms with Crippen LogP contribution in [0.15, 0.2) is 30.5 Å². The molecule has 0 saturated carbocycles. The van der Waals surface area contributed by atoms with Gasteiger partial charge in [0.2, 0.25) is 5.95 Å². The van der Waals surface area contributed by atoms with E-state index < -0.39 is 0 Å². The molecule has 1 amide bonds. The number of morpholine rings is 1. The molecule has 0 spiro atoms. The number of hydrogen-bond donors (Lipinski definition) is 6. The molecule has 0 atom stereocenters. The van der Waals surface area contributed by atoms with Crippen molar-refractivity contribution in [2.75, 3.05) is 44.7 Å². The minimum Gasteiger partial charge on any atom is -0.390 e. The normalized spacial score (nSPS) is 12.0. The highest BCUT2D eigenvalue weighted by molar-refractivity contribution is 5.94. The molecule has 8 N–H and O–H groups in total. The van der Waals surface area contributed by atoms with Gasteiger partial charge in [-0.3, -0.25) is 15.6 Å². The maximum atomic E-state index is 12.4. The lowest BCUT2D eigenvalue weighted by atomic mass is 10.1. The van der Waals surface area contributed by atoms with Crippen molar-refractivity contribution in [2.45, 2.75) is 13.8 Å². The van der Waals surface area contributed by atoms with Crippen molar-refractivity contribution in [1.29, 1.82) is 10.8 Å². The Hall–Kier alpha value is -3.35. The predicted molar refractivity (Wildman–Crippen MR) is 132 cm³/mol. The van der Waals surface area contributed by atoms with Crippen LogP contribution in [0.3, 0.4) is 0 Å². The molecule has 3 rings (SSSR count). The lowest BCUT2D eigenvalue weighted by Crippen LogP contribution is -2.40. The molecule has 1 aliphatic rings. The summed E-state index contributed by atoms with van der Waals surface area (Å²) < 4.78 is 5.25. The third kappa shape index (κ3) is 11.2. The number of carbonyl (C=O) groups is 1. The van der Waals surface area contributed by atoms with E-state index in [4.69, 9.17) is 21.3 Å². The summed E-state index contributed by atoms with van der Waals surface area (Å²) >= 11 is 0. The number of halogens is 1. The molecule has 2 aromatic rings. The monoisotopic (exact) mass is 480 g/mol. The van der Waals surface area contributed by atoms with Crippen LogP contribution in [0.5, 0.6) is 0 Å². The Balaban J connectivity index is 0.000000991. The van der Waals surface area contributed by atoms with Crippen LogP contribution in [-0.4, -0.2) is 77.6 Å². The molecule has 0 radical (unpaired) electrons. The molecule has 0 unspecified atom stereocenters. The van der Waals surface area contributed by atoms with Crippen LogP contribution in [0, 0.1) is 10.8 Å². The van der Waals surface area contributed by atoms with Gasteiger partial charge in [-0.2, -0.15) is 0 Å². The Bertz CT molecular complexity index is 826. The summed E-state index contributed by atoms with van der Waals surface area (Å²) in [6, 6.07) is 7.04. The average molecular weight is 481 g/mol. The fraction of sp³-hybridized carbons (Fsp3) is 0.400. The molecule has 33 heavy (non-hydrogen) atoms. The van der Waals surface area contributed by atoms with E-state index in [2.05, 4.69) is 45.4 Å². The molecule has 1 aromatic heterocycles. The van der Waals surface area contributed by atoms with Gasteiger partial charge in [0.15, 0.2) is 0 Å². The Kier molecular flexibility index (Phi) is 15.5. The number of carbonyl (C=O) groups excluding carboxylic acids is 1. The fourth-order valence-corrected chi connectivity index (χ4v) is 2.48. The number of nitrogen functional groups attached to an aromatic ring is 1. The first kappa shape index (κ1) is 29.7. The van der Waals surface area contributed by atoms with E-state index in [1.807, 2.05) is 0 Å². The number of benzene rings is 1. The molecule has 1 saturated heterocycles. The van der Waals surface area contributed by atoms with Crippen LogP contribution in [0.25, 0.3) is 0 Å². The lowest BCUT2D eigenvalue weighted by molar-refractivity contribution is 0.0303. The Labute approximate surface area is 199 Å². The second kappa shape index (κ2) is 17.2. The van der Waals surface area contributed by atoms with Gasteiger partial charge in [-0.25, -0.2) is 4.98 Å². The molecular weight excluding hydrogens is 448 g/mol. The number of aromatic nitrogens is 3. The number of ether oxygens (including phenoxy) is 1. The first-order chi connectivity index (χ1) is 15.5. The minimum atomic E-state index is -0.187. The van der Waals surface area contributed by atoms with Crippen molar-refractivity contribution >= 4 is 42.1 Å². The van der Waals surface area contributed by atoms with Gasteiger partial charge >= 0.3 is 0 Å². The average Bonchev–Trinajstić information content (AvgIpc) is 2.81. The number of anilines is 2. The fourth-order valence-electron chi connectivity index (χ4n) is 2.48. The van der Waals surface area contributed by atoms with Crippen LogP contribution in [0.4, 0.5) is 11.6 Å². The van der Waals surface area contributed by atoms with Gasteiger partial charge in [0.1, 0.15) is 11.5 Å². The van der Waals surface area contributed by atoms with E-state index in [0.717, 1.165) is 25.1 Å². The van der Waals surface area contributed by atoms with Crippen LogP contribution >= 0.6 is 12.4 Å². The third-order valence-electron chi connectivity index (χ3n) is 4.02. The topological polar surface area (TPSA) is 192 Å². The van der Waals surface area contributed by atoms with Gasteiger partial charge in [0.05, 0.1) is 25.7 Å². The SMILES string of the molecule is CCNCC.Cl.N=C(N)c1cnc(Nc2ccc(C(=O)N3CCOCC3)cc2)nn1.N=CN. The summed E-state index contributed by atoms with van der Waals surface area (Å²) in [6.07, 6.45) is 2.12. The number of rotatable bonds is 6. The van der Waals surface area contributed by atoms with Crippen molar-refractivity contribution in [2.24, 2.45) is 11.5 Å². The Morgan fingerprint density at radius 2 is 1.76 bits per heavy atom. The summed E-state index contributed by atoms with van der Waals surface area (Å²) in [6.45, 7) is 8.76. The highest BCUT2D eigenvalue weighted by atomic mass is 35.5. The van der Waals surface area contributed by atoms with Gasteiger partial charge < -0.3 is 31.7 Å². The second-order valence-electron chi connectivity index (χ2n) is 6.31. The molecule has 2 heterocycles. The summed E-state index contributed by atoms with van der Waals surface area (Å²) in [7, 11) is 0. The first-order valence-corrected chi connectivity index (χ1v) is 10.2. The molecule has 1 fully saturated rings. The van der Waals surface area contributed by atoms with Crippen LogP contribution < -0.4 is 22.1 Å². The zero-order valence-corrected chi connectivity index (χ0v) is 19.7. The number of nitrogens with zero attached hydrogens (tertiary/aromatic N) is 4. The van der Waals surface area contributed by atoms with E-state index >= 15 is 0 Å². The van der Waals surface area contributed by atoms with Crippen LogP contribution in [-0.2, 0) is 4.74 Å². The minimum absolute atomic E-state index is 0. The zero-order chi connectivity index (χ0) is 23.8. The highest BCUT2D eigenvalue weighted by Crippen LogP contribution is 2.15. The smallest absolute Gasteiger partial charge is 0.254 e. The number of amides is 1. The number of amidine groups is 1. The summed E-state index contributed by atoms with van der Waals surface area (Å²) in [5.74, 6) is 0.0911. The maximum Gasteiger partial charge on any atom is 0.254 e. The third-order valence-corrected chi connectivity index (χ3v) is 4.02. The molecule has 182 valence electrons. The van der Waals surface area contributed by atoms with E-state index in [-0.39, 0.29) is 35.8 Å². The Morgan fingerprint density at radius 1 is 1.18 bits per heavy atom. The quantitative estimate of drug-likeness (QED) is 0.258. The van der Waals surface area contributed by atoms with Crippen molar-refractivity contribution in [3.05, 3.63) is 41.7 Å². The van der Waals surface area contributed by atoms with Crippen LogP contribution in [0.2, 0.25) is 0 Å². The van der Waals surface area contributed by atoms with Gasteiger partial charge in [0, 0.05) is 24.3 Å².